The van der Waals surface area contributed by atoms with Gasteiger partial charge in [-0.2, -0.15) is 0 Å². The normalized spacial score (nSPS) is 23.2. The second-order valence-corrected chi connectivity index (χ2v) is 6.13. The number of carbonyl (C=O) groups excluding carboxylic acids is 1. The standard InChI is InChI=1S/C17H21F2NO2/c18-16(19)14-3-1-12(2-4-14)13-5-8-20(9-6-13)17(21)15-7-10-22-11-15/h1-4,13,15-16H,5-11H2. The zero-order valence-electron chi connectivity index (χ0n) is 12.5. The molecule has 3 nitrogen and oxygen atoms in total. The molecule has 1 amide bonds. The second kappa shape index (κ2) is 6.73. The number of alkyl halides is 2. The van der Waals surface area contributed by atoms with E-state index in [2.05, 4.69) is 0 Å². The highest BCUT2D eigenvalue weighted by Crippen LogP contribution is 2.30. The fourth-order valence-corrected chi connectivity index (χ4v) is 3.33. The van der Waals surface area contributed by atoms with Gasteiger partial charge in [-0.1, -0.05) is 24.3 Å². The number of rotatable bonds is 3. The molecule has 2 aliphatic heterocycles. The van der Waals surface area contributed by atoms with Crippen LogP contribution in [0.15, 0.2) is 24.3 Å². The predicted molar refractivity (Wildman–Crippen MR) is 78.9 cm³/mol. The maximum atomic E-state index is 12.6. The van der Waals surface area contributed by atoms with Crippen LogP contribution in [0.2, 0.25) is 0 Å². The Hall–Kier alpha value is -1.49. The zero-order valence-corrected chi connectivity index (χ0v) is 12.5. The Morgan fingerprint density at radius 1 is 1.14 bits per heavy atom. The Labute approximate surface area is 129 Å². The van der Waals surface area contributed by atoms with Gasteiger partial charge in [-0.15, -0.1) is 0 Å². The number of amides is 1. The largest absolute Gasteiger partial charge is 0.381 e. The summed E-state index contributed by atoms with van der Waals surface area (Å²) in [5.41, 5.74) is 1.17. The van der Waals surface area contributed by atoms with Crippen molar-refractivity contribution in [2.45, 2.75) is 31.6 Å². The third-order valence-corrected chi connectivity index (χ3v) is 4.75. The number of carbonyl (C=O) groups is 1. The molecule has 0 spiro atoms. The first-order valence-electron chi connectivity index (χ1n) is 7.89. The quantitative estimate of drug-likeness (QED) is 0.857. The SMILES string of the molecule is O=C(C1CCOC1)N1CCC(c2ccc(C(F)F)cc2)CC1. The molecule has 2 aliphatic rings. The first-order valence-corrected chi connectivity index (χ1v) is 7.89. The van der Waals surface area contributed by atoms with Crippen LogP contribution in [-0.4, -0.2) is 37.1 Å². The minimum atomic E-state index is -2.41. The van der Waals surface area contributed by atoms with Crippen molar-refractivity contribution in [1.82, 2.24) is 4.90 Å². The lowest BCUT2D eigenvalue weighted by molar-refractivity contribution is -0.136. The number of hydrogen-bond donors (Lipinski definition) is 0. The van der Waals surface area contributed by atoms with Crippen molar-refractivity contribution in [3.05, 3.63) is 35.4 Å². The van der Waals surface area contributed by atoms with Crippen LogP contribution in [0.1, 0.15) is 42.7 Å². The number of piperidine rings is 1. The van der Waals surface area contributed by atoms with Crippen molar-refractivity contribution in [2.75, 3.05) is 26.3 Å². The van der Waals surface area contributed by atoms with Crippen molar-refractivity contribution < 1.29 is 18.3 Å². The van der Waals surface area contributed by atoms with E-state index in [0.29, 0.717) is 19.1 Å². The molecule has 3 rings (SSSR count). The monoisotopic (exact) mass is 309 g/mol. The number of likely N-dealkylation sites (tertiary alicyclic amines) is 1. The molecule has 0 saturated carbocycles. The Morgan fingerprint density at radius 3 is 2.36 bits per heavy atom. The van der Waals surface area contributed by atoms with Gasteiger partial charge in [0.1, 0.15) is 0 Å². The van der Waals surface area contributed by atoms with Crippen LogP contribution in [0, 0.1) is 5.92 Å². The summed E-state index contributed by atoms with van der Waals surface area (Å²) in [4.78, 5) is 14.3. The highest BCUT2D eigenvalue weighted by atomic mass is 19.3. The Kier molecular flexibility index (Phi) is 4.71. The third-order valence-electron chi connectivity index (χ3n) is 4.75. The van der Waals surface area contributed by atoms with Gasteiger partial charge in [0.05, 0.1) is 12.5 Å². The van der Waals surface area contributed by atoms with Crippen molar-refractivity contribution in [3.8, 4) is 0 Å². The minimum Gasteiger partial charge on any atom is -0.381 e. The summed E-state index contributed by atoms with van der Waals surface area (Å²) in [6.07, 6.45) is 0.205. The van der Waals surface area contributed by atoms with E-state index in [1.165, 1.54) is 12.1 Å². The van der Waals surface area contributed by atoms with E-state index >= 15 is 0 Å². The molecule has 0 radical (unpaired) electrons. The highest BCUT2D eigenvalue weighted by molar-refractivity contribution is 5.79. The maximum Gasteiger partial charge on any atom is 0.263 e. The smallest absolute Gasteiger partial charge is 0.263 e. The van der Waals surface area contributed by atoms with Crippen LogP contribution in [0.4, 0.5) is 8.78 Å². The number of nitrogens with zero attached hydrogens (tertiary/aromatic N) is 1. The summed E-state index contributed by atoms with van der Waals surface area (Å²) in [5.74, 6) is 0.599. The van der Waals surface area contributed by atoms with E-state index in [1.807, 2.05) is 4.90 Å². The van der Waals surface area contributed by atoms with Crippen LogP contribution in [0.3, 0.4) is 0 Å². The van der Waals surface area contributed by atoms with Crippen LogP contribution in [0.5, 0.6) is 0 Å². The van der Waals surface area contributed by atoms with Gasteiger partial charge in [0.15, 0.2) is 0 Å². The maximum absolute atomic E-state index is 12.6. The van der Waals surface area contributed by atoms with Gasteiger partial charge >= 0.3 is 0 Å². The van der Waals surface area contributed by atoms with E-state index < -0.39 is 6.43 Å². The average molecular weight is 309 g/mol. The van der Waals surface area contributed by atoms with Crippen molar-refractivity contribution in [3.63, 3.8) is 0 Å². The summed E-state index contributed by atoms with van der Waals surface area (Å²) in [7, 11) is 0. The summed E-state index contributed by atoms with van der Waals surface area (Å²) >= 11 is 0. The minimum absolute atomic E-state index is 0.0295. The third kappa shape index (κ3) is 3.29. The lowest BCUT2D eigenvalue weighted by Crippen LogP contribution is -2.41. The average Bonchev–Trinajstić information content (AvgIpc) is 3.09. The molecule has 0 N–H and O–H groups in total. The molecule has 0 bridgehead atoms. The van der Waals surface area contributed by atoms with Gasteiger partial charge in [-0.05, 0) is 30.7 Å². The summed E-state index contributed by atoms with van der Waals surface area (Å²) in [6, 6.07) is 6.61. The van der Waals surface area contributed by atoms with Crippen molar-refractivity contribution in [1.29, 1.82) is 0 Å². The zero-order chi connectivity index (χ0) is 15.5. The fourth-order valence-electron chi connectivity index (χ4n) is 3.33. The van der Waals surface area contributed by atoms with E-state index in [1.54, 1.807) is 12.1 Å². The van der Waals surface area contributed by atoms with Gasteiger partial charge < -0.3 is 9.64 Å². The van der Waals surface area contributed by atoms with Crippen LogP contribution in [-0.2, 0) is 9.53 Å². The fraction of sp³-hybridized carbons (Fsp3) is 0.588. The number of hydrogen-bond acceptors (Lipinski definition) is 2. The number of benzene rings is 1. The van der Waals surface area contributed by atoms with Gasteiger partial charge in [0.25, 0.3) is 6.43 Å². The first kappa shape index (κ1) is 15.4. The molecular formula is C17H21F2NO2. The van der Waals surface area contributed by atoms with Gasteiger partial charge in [-0.3, -0.25) is 4.79 Å². The number of halogens is 2. The van der Waals surface area contributed by atoms with Crippen LogP contribution < -0.4 is 0 Å². The molecule has 2 heterocycles. The van der Waals surface area contributed by atoms with Crippen LogP contribution >= 0.6 is 0 Å². The van der Waals surface area contributed by atoms with E-state index in [0.717, 1.165) is 37.9 Å². The van der Waals surface area contributed by atoms with Crippen molar-refractivity contribution >= 4 is 5.91 Å². The molecular weight excluding hydrogens is 288 g/mol. The van der Waals surface area contributed by atoms with Gasteiger partial charge in [0.2, 0.25) is 5.91 Å². The van der Waals surface area contributed by atoms with Crippen LogP contribution in [0.25, 0.3) is 0 Å². The lowest BCUT2D eigenvalue weighted by Gasteiger charge is -2.33. The Morgan fingerprint density at radius 2 is 1.82 bits per heavy atom. The predicted octanol–water partition coefficient (Wildman–Crippen LogP) is 3.37. The molecule has 5 heteroatoms. The molecule has 1 aromatic carbocycles. The lowest BCUT2D eigenvalue weighted by atomic mass is 9.88. The molecule has 1 aromatic rings. The molecule has 1 atom stereocenters. The van der Waals surface area contributed by atoms with E-state index in [4.69, 9.17) is 4.74 Å². The van der Waals surface area contributed by atoms with Gasteiger partial charge in [-0.25, -0.2) is 8.78 Å². The summed E-state index contributed by atoms with van der Waals surface area (Å²) < 4.78 is 30.4. The molecule has 2 fully saturated rings. The molecule has 1 unspecified atom stereocenters. The molecule has 0 aliphatic carbocycles. The Bertz CT molecular complexity index is 504. The first-order chi connectivity index (χ1) is 10.6. The molecule has 22 heavy (non-hydrogen) atoms. The molecule has 0 aromatic heterocycles. The van der Waals surface area contributed by atoms with Gasteiger partial charge in [0, 0.05) is 25.3 Å². The van der Waals surface area contributed by atoms with E-state index in [-0.39, 0.29) is 17.4 Å². The van der Waals surface area contributed by atoms with Crippen molar-refractivity contribution in [2.24, 2.45) is 5.92 Å². The Balaban J connectivity index is 1.55. The highest BCUT2D eigenvalue weighted by Gasteiger charge is 2.30. The molecule has 120 valence electrons. The molecule has 2 saturated heterocycles. The number of ether oxygens (including phenoxy) is 1. The second-order valence-electron chi connectivity index (χ2n) is 6.13. The topological polar surface area (TPSA) is 29.5 Å². The summed E-state index contributed by atoms with van der Waals surface area (Å²) in [6.45, 7) is 2.73. The summed E-state index contributed by atoms with van der Waals surface area (Å²) in [5, 5.41) is 0. The van der Waals surface area contributed by atoms with E-state index in [9.17, 15) is 13.6 Å².